The third kappa shape index (κ3) is 4.11. The zero-order chi connectivity index (χ0) is 17.6. The Labute approximate surface area is 161 Å². The number of rotatable bonds is 4. The van der Waals surface area contributed by atoms with Crippen molar-refractivity contribution >= 4 is 54.5 Å². The van der Waals surface area contributed by atoms with E-state index in [1.54, 1.807) is 0 Å². The standard InChI is InChI=1S/C10H14N5O8P.Na.H/c11-10-13-7-4(8(18)14-10)12-2-15(7)9-6(17)5(16)3(23-9)1-22-24(19,20)21;;/h2-3,5-6,9,16-17H,1H2,(H2,19,20,21)(H3,11,13,14,18);;/t3-,5-,6-,9-;;/m1../s1. The van der Waals surface area contributed by atoms with Crippen LogP contribution in [0.25, 0.3) is 11.2 Å². The van der Waals surface area contributed by atoms with E-state index in [-0.39, 0.29) is 46.7 Å². The Morgan fingerprint density at radius 3 is 2.72 bits per heavy atom. The molecule has 0 spiro atoms. The van der Waals surface area contributed by atoms with Crippen LogP contribution in [0.4, 0.5) is 5.95 Å². The number of phosphoric ester groups is 1. The van der Waals surface area contributed by atoms with Gasteiger partial charge < -0.3 is 30.5 Å². The number of imidazole rings is 1. The monoisotopic (exact) mass is 387 g/mol. The Balaban J connectivity index is 0.00000225. The number of H-pyrrole nitrogens is 1. The predicted molar refractivity (Wildman–Crippen MR) is 83.6 cm³/mol. The zero-order valence-electron chi connectivity index (χ0n) is 11.9. The molecule has 4 atom stereocenters. The van der Waals surface area contributed by atoms with Crippen molar-refractivity contribution < 1.29 is 33.8 Å². The molecule has 0 unspecified atom stereocenters. The summed E-state index contributed by atoms with van der Waals surface area (Å²) < 4.78 is 21.6. The van der Waals surface area contributed by atoms with Gasteiger partial charge in [0.15, 0.2) is 17.4 Å². The minimum atomic E-state index is -4.76. The van der Waals surface area contributed by atoms with Gasteiger partial charge in [-0.3, -0.25) is 18.9 Å². The number of nitrogen functional groups attached to an aromatic ring is 1. The van der Waals surface area contributed by atoms with Gasteiger partial charge in [-0.05, 0) is 0 Å². The van der Waals surface area contributed by atoms with E-state index in [2.05, 4.69) is 19.5 Å². The molecule has 13 nitrogen and oxygen atoms in total. The van der Waals surface area contributed by atoms with Crippen molar-refractivity contribution in [3.05, 3.63) is 16.7 Å². The molecule has 0 radical (unpaired) electrons. The first-order valence-electron chi connectivity index (χ1n) is 6.61. The molecule has 0 aliphatic carbocycles. The predicted octanol–water partition coefficient (Wildman–Crippen LogP) is -3.22. The van der Waals surface area contributed by atoms with Crippen LogP contribution < -0.4 is 11.3 Å². The topological polar surface area (TPSA) is 206 Å². The van der Waals surface area contributed by atoms with Crippen LogP contribution in [0.3, 0.4) is 0 Å². The Morgan fingerprint density at radius 2 is 2.08 bits per heavy atom. The van der Waals surface area contributed by atoms with E-state index < -0.39 is 44.5 Å². The van der Waals surface area contributed by atoms with Crippen LogP contribution in [-0.2, 0) is 13.8 Å². The first-order chi connectivity index (χ1) is 11.2. The number of ether oxygens (including phenoxy) is 1. The maximum atomic E-state index is 11.7. The molecule has 3 rings (SSSR count). The number of aromatic amines is 1. The second kappa shape index (κ2) is 7.40. The number of nitrogens with zero attached hydrogens (tertiary/aromatic N) is 3. The van der Waals surface area contributed by atoms with Gasteiger partial charge in [-0.25, -0.2) is 9.55 Å². The molecule has 0 saturated carbocycles. The van der Waals surface area contributed by atoms with Crippen molar-refractivity contribution in [2.45, 2.75) is 24.5 Å². The molecule has 1 aliphatic heterocycles. The maximum absolute atomic E-state index is 11.7. The molecule has 7 N–H and O–H groups in total. The van der Waals surface area contributed by atoms with Crippen LogP contribution >= 0.6 is 7.82 Å². The van der Waals surface area contributed by atoms with E-state index in [1.807, 2.05) is 0 Å². The number of anilines is 1. The summed E-state index contributed by atoms with van der Waals surface area (Å²) in [6.07, 6.45) is -4.22. The van der Waals surface area contributed by atoms with Crippen molar-refractivity contribution in [3.63, 3.8) is 0 Å². The summed E-state index contributed by atoms with van der Waals surface area (Å²) in [5.41, 5.74) is 4.84. The molecule has 0 bridgehead atoms. The average molecular weight is 387 g/mol. The first kappa shape index (κ1) is 20.5. The number of aliphatic hydroxyl groups is 2. The van der Waals surface area contributed by atoms with Gasteiger partial charge in [0.1, 0.15) is 18.3 Å². The second-order valence-electron chi connectivity index (χ2n) is 5.11. The van der Waals surface area contributed by atoms with Crippen LogP contribution in [0.2, 0.25) is 0 Å². The van der Waals surface area contributed by atoms with Gasteiger partial charge in [-0.1, -0.05) is 0 Å². The summed E-state index contributed by atoms with van der Waals surface area (Å²) in [7, 11) is -4.76. The first-order valence-corrected chi connectivity index (χ1v) is 8.14. The van der Waals surface area contributed by atoms with Crippen LogP contribution in [-0.4, -0.2) is 94.0 Å². The van der Waals surface area contributed by atoms with Crippen LogP contribution in [0.5, 0.6) is 0 Å². The summed E-state index contributed by atoms with van der Waals surface area (Å²) in [5.74, 6) is -0.177. The molecule has 1 fully saturated rings. The molecule has 15 heteroatoms. The number of fused-ring (bicyclic) bond motifs is 1. The summed E-state index contributed by atoms with van der Waals surface area (Å²) in [4.78, 5) is 39.1. The molecule has 2 aromatic heterocycles. The summed E-state index contributed by atoms with van der Waals surface area (Å²) >= 11 is 0. The molecule has 0 amide bonds. The van der Waals surface area contributed by atoms with Gasteiger partial charge in [0, 0.05) is 0 Å². The molecule has 2 aromatic rings. The number of aromatic nitrogens is 4. The zero-order valence-corrected chi connectivity index (χ0v) is 12.8. The molecular weight excluding hydrogens is 372 g/mol. The number of nitrogens with two attached hydrogens (primary N) is 1. The quantitative estimate of drug-likeness (QED) is 0.227. The van der Waals surface area contributed by atoms with Crippen molar-refractivity contribution in [1.29, 1.82) is 0 Å². The summed E-state index contributed by atoms with van der Waals surface area (Å²) in [6.45, 7) is -0.651. The molecule has 25 heavy (non-hydrogen) atoms. The van der Waals surface area contributed by atoms with Crippen molar-refractivity contribution in [2.24, 2.45) is 0 Å². The molecule has 0 aromatic carbocycles. The van der Waals surface area contributed by atoms with Gasteiger partial charge in [0.25, 0.3) is 5.56 Å². The van der Waals surface area contributed by atoms with Crippen molar-refractivity contribution in [1.82, 2.24) is 19.5 Å². The summed E-state index contributed by atoms with van der Waals surface area (Å²) in [6, 6.07) is 0. The fourth-order valence-corrected chi connectivity index (χ4v) is 2.74. The van der Waals surface area contributed by atoms with Crippen LogP contribution in [0, 0.1) is 0 Å². The fraction of sp³-hybridized carbons (Fsp3) is 0.500. The van der Waals surface area contributed by atoms with Crippen molar-refractivity contribution in [2.75, 3.05) is 12.3 Å². The van der Waals surface area contributed by atoms with Crippen molar-refractivity contribution in [3.8, 4) is 0 Å². The Kier molecular flexibility index (Phi) is 6.06. The van der Waals surface area contributed by atoms with E-state index in [4.69, 9.17) is 20.3 Å². The number of phosphoric acid groups is 1. The van der Waals surface area contributed by atoms with E-state index in [0.29, 0.717) is 0 Å². The Hall–Kier alpha value is -0.860. The number of hydrogen-bond acceptors (Lipinski definition) is 9. The molecule has 3 heterocycles. The van der Waals surface area contributed by atoms with Crippen LogP contribution in [0.15, 0.2) is 11.1 Å². The van der Waals surface area contributed by atoms with Gasteiger partial charge in [-0.15, -0.1) is 0 Å². The Morgan fingerprint density at radius 1 is 1.40 bits per heavy atom. The molecular formula is C10H15N5NaO8P. The van der Waals surface area contributed by atoms with Gasteiger partial charge in [0.05, 0.1) is 12.9 Å². The van der Waals surface area contributed by atoms with E-state index in [0.717, 1.165) is 0 Å². The average Bonchev–Trinajstić information content (AvgIpc) is 3.00. The third-order valence-electron chi connectivity index (χ3n) is 3.47. The number of nitrogens with one attached hydrogen (secondary N) is 1. The second-order valence-corrected chi connectivity index (χ2v) is 6.35. The third-order valence-corrected chi connectivity index (χ3v) is 3.95. The number of aliphatic hydroxyl groups excluding tert-OH is 2. The summed E-state index contributed by atoms with van der Waals surface area (Å²) in [5, 5.41) is 20.1. The number of hydrogen-bond donors (Lipinski definition) is 6. The fourth-order valence-electron chi connectivity index (χ4n) is 2.40. The molecule has 134 valence electrons. The van der Waals surface area contributed by atoms with Gasteiger partial charge in [-0.2, -0.15) is 4.98 Å². The van der Waals surface area contributed by atoms with E-state index in [1.165, 1.54) is 10.9 Å². The van der Waals surface area contributed by atoms with E-state index in [9.17, 15) is 19.6 Å². The molecule has 1 saturated heterocycles. The van der Waals surface area contributed by atoms with Gasteiger partial charge >= 0.3 is 37.4 Å². The van der Waals surface area contributed by atoms with Crippen LogP contribution in [0.1, 0.15) is 6.23 Å². The minimum absolute atomic E-state index is 0. The SMILES string of the molecule is Nc1nc2c(ncn2[C@@H]2O[C@H](COP(=O)(O)O)[C@@H](O)[C@H]2O)c(=O)[nH]1.[NaH]. The molecule has 1 aliphatic rings. The Bertz CT molecular complexity index is 867. The van der Waals surface area contributed by atoms with E-state index >= 15 is 0 Å². The van der Waals surface area contributed by atoms with Gasteiger partial charge in [0.2, 0.25) is 5.95 Å². The normalized spacial score (nSPS) is 26.7.